The van der Waals surface area contributed by atoms with Gasteiger partial charge in [-0.25, -0.2) is 0 Å². The largest absolute Gasteiger partial charge is 0.323 e. The van der Waals surface area contributed by atoms with Gasteiger partial charge in [-0.3, -0.25) is 0 Å². The summed E-state index contributed by atoms with van der Waals surface area (Å²) in [6.45, 7) is 0. The lowest BCUT2D eigenvalue weighted by atomic mass is 10.3. The second-order valence-electron chi connectivity index (χ2n) is 2.23. The second kappa shape index (κ2) is 1.75. The third-order valence-corrected chi connectivity index (χ3v) is 2.42. The number of hydrogen-bond acceptors (Lipinski definition) is 4. The summed E-state index contributed by atoms with van der Waals surface area (Å²) in [5.74, 6) is 0. The highest BCUT2D eigenvalue weighted by molar-refractivity contribution is 7.05. The van der Waals surface area contributed by atoms with Crippen LogP contribution in [-0.4, -0.2) is 9.59 Å². The van der Waals surface area contributed by atoms with Crippen molar-refractivity contribution in [3.8, 4) is 0 Å². The van der Waals surface area contributed by atoms with Crippen LogP contribution in [0.3, 0.4) is 0 Å². The van der Waals surface area contributed by atoms with Crippen molar-refractivity contribution in [3.05, 3.63) is 10.6 Å². The molecule has 1 aromatic rings. The number of hydrogen-bond donors (Lipinski definition) is 1. The van der Waals surface area contributed by atoms with E-state index in [1.807, 2.05) is 0 Å². The van der Waals surface area contributed by atoms with Gasteiger partial charge in [0, 0.05) is 0 Å². The average Bonchev–Trinajstić information content (AvgIpc) is 2.35. The van der Waals surface area contributed by atoms with Crippen molar-refractivity contribution >= 4 is 11.5 Å². The summed E-state index contributed by atoms with van der Waals surface area (Å²) >= 11 is 1.47. The molecule has 0 amide bonds. The maximum atomic E-state index is 5.69. The van der Waals surface area contributed by atoms with Gasteiger partial charge in [-0.05, 0) is 24.4 Å². The lowest BCUT2D eigenvalue weighted by Crippen LogP contribution is -2.05. The summed E-state index contributed by atoms with van der Waals surface area (Å²) in [6.07, 6.45) is 2.13. The zero-order valence-electron chi connectivity index (χ0n) is 4.87. The first-order valence-electron chi connectivity index (χ1n) is 2.94. The molecule has 1 aliphatic rings. The second-order valence-corrected chi connectivity index (χ2v) is 3.07. The summed E-state index contributed by atoms with van der Waals surface area (Å²) in [5.41, 5.74) is 6.72. The van der Waals surface area contributed by atoms with E-state index in [1.165, 1.54) is 16.4 Å². The minimum Gasteiger partial charge on any atom is -0.323 e. The van der Waals surface area contributed by atoms with Crippen LogP contribution in [-0.2, 0) is 6.42 Å². The molecule has 0 spiro atoms. The Morgan fingerprint density at radius 3 is 3.33 bits per heavy atom. The fraction of sp³-hybridized carbons (Fsp3) is 0.600. The van der Waals surface area contributed by atoms with Crippen LogP contribution in [0, 0.1) is 0 Å². The molecule has 2 N–H and O–H groups in total. The van der Waals surface area contributed by atoms with Gasteiger partial charge in [-0.15, -0.1) is 5.10 Å². The number of aryl methyl sites for hydroxylation is 1. The standard InChI is InChI=1S/C5H7N3S/c6-3-1-2-4-5(3)7-8-9-4/h3H,1-2,6H2. The highest BCUT2D eigenvalue weighted by Crippen LogP contribution is 2.28. The maximum Gasteiger partial charge on any atom is 0.0954 e. The number of fused-ring (bicyclic) bond motifs is 1. The fourth-order valence-corrected chi connectivity index (χ4v) is 1.82. The topological polar surface area (TPSA) is 51.8 Å². The maximum absolute atomic E-state index is 5.69. The van der Waals surface area contributed by atoms with Gasteiger partial charge in [0.05, 0.1) is 16.6 Å². The number of nitrogens with zero attached hydrogens (tertiary/aromatic N) is 2. The molecule has 1 heterocycles. The van der Waals surface area contributed by atoms with Gasteiger partial charge in [-0.2, -0.15) is 0 Å². The number of nitrogens with two attached hydrogens (primary N) is 1. The molecule has 1 unspecified atom stereocenters. The Balaban J connectivity index is 2.49. The molecule has 2 rings (SSSR count). The summed E-state index contributed by atoms with van der Waals surface area (Å²) < 4.78 is 3.81. The van der Waals surface area contributed by atoms with Gasteiger partial charge in [0.2, 0.25) is 0 Å². The quantitative estimate of drug-likeness (QED) is 0.572. The van der Waals surface area contributed by atoms with Crippen molar-refractivity contribution in [1.82, 2.24) is 9.59 Å². The summed E-state index contributed by atoms with van der Waals surface area (Å²) in [7, 11) is 0. The molecule has 0 aromatic carbocycles. The Morgan fingerprint density at radius 1 is 1.67 bits per heavy atom. The van der Waals surface area contributed by atoms with E-state index in [4.69, 9.17) is 5.73 Å². The van der Waals surface area contributed by atoms with Gasteiger partial charge >= 0.3 is 0 Å². The number of aromatic nitrogens is 2. The van der Waals surface area contributed by atoms with Crippen LogP contribution in [0.5, 0.6) is 0 Å². The first-order chi connectivity index (χ1) is 4.38. The zero-order valence-corrected chi connectivity index (χ0v) is 5.69. The van der Waals surface area contributed by atoms with Crippen LogP contribution < -0.4 is 5.73 Å². The third-order valence-electron chi connectivity index (χ3n) is 1.62. The molecule has 0 bridgehead atoms. The lowest BCUT2D eigenvalue weighted by Gasteiger charge is -1.94. The van der Waals surface area contributed by atoms with E-state index in [2.05, 4.69) is 9.59 Å². The van der Waals surface area contributed by atoms with Crippen LogP contribution >= 0.6 is 11.5 Å². The molecule has 1 aliphatic carbocycles. The van der Waals surface area contributed by atoms with E-state index >= 15 is 0 Å². The first-order valence-corrected chi connectivity index (χ1v) is 3.72. The zero-order chi connectivity index (χ0) is 6.27. The van der Waals surface area contributed by atoms with Crippen molar-refractivity contribution in [2.24, 2.45) is 5.73 Å². The molecule has 0 radical (unpaired) electrons. The Morgan fingerprint density at radius 2 is 2.56 bits per heavy atom. The van der Waals surface area contributed by atoms with Crippen LogP contribution in [0.4, 0.5) is 0 Å². The summed E-state index contributed by atoms with van der Waals surface area (Å²) in [4.78, 5) is 1.28. The van der Waals surface area contributed by atoms with Gasteiger partial charge in [0.15, 0.2) is 0 Å². The van der Waals surface area contributed by atoms with Gasteiger partial charge in [0.1, 0.15) is 0 Å². The van der Waals surface area contributed by atoms with Crippen LogP contribution in [0.25, 0.3) is 0 Å². The van der Waals surface area contributed by atoms with Crippen molar-refractivity contribution in [2.45, 2.75) is 18.9 Å². The van der Waals surface area contributed by atoms with E-state index in [0.29, 0.717) is 0 Å². The van der Waals surface area contributed by atoms with E-state index in [0.717, 1.165) is 18.5 Å². The van der Waals surface area contributed by atoms with E-state index < -0.39 is 0 Å². The minimum atomic E-state index is 0.166. The van der Waals surface area contributed by atoms with E-state index in [1.54, 1.807) is 0 Å². The third kappa shape index (κ3) is 0.668. The highest BCUT2D eigenvalue weighted by atomic mass is 32.1. The summed E-state index contributed by atoms with van der Waals surface area (Å²) in [5, 5.41) is 3.92. The smallest absolute Gasteiger partial charge is 0.0954 e. The molecular formula is C5H7N3S. The van der Waals surface area contributed by atoms with E-state index in [-0.39, 0.29) is 6.04 Å². The van der Waals surface area contributed by atoms with Crippen molar-refractivity contribution in [3.63, 3.8) is 0 Å². The first kappa shape index (κ1) is 5.32. The van der Waals surface area contributed by atoms with E-state index in [9.17, 15) is 0 Å². The minimum absolute atomic E-state index is 0.166. The molecule has 1 atom stereocenters. The molecule has 4 heteroatoms. The Hall–Kier alpha value is -0.480. The lowest BCUT2D eigenvalue weighted by molar-refractivity contribution is 0.689. The molecule has 0 fully saturated rings. The van der Waals surface area contributed by atoms with Gasteiger partial charge in [0.25, 0.3) is 0 Å². The molecule has 9 heavy (non-hydrogen) atoms. The predicted octanol–water partition coefficient (Wildman–Crippen LogP) is 0.484. The molecule has 0 saturated carbocycles. The predicted molar refractivity (Wildman–Crippen MR) is 35.2 cm³/mol. The number of rotatable bonds is 0. The SMILES string of the molecule is NC1CCc2snnc21. The van der Waals surface area contributed by atoms with Crippen molar-refractivity contribution in [2.75, 3.05) is 0 Å². The molecule has 0 aliphatic heterocycles. The Labute approximate surface area is 57.0 Å². The van der Waals surface area contributed by atoms with Crippen LogP contribution in [0.1, 0.15) is 23.0 Å². The van der Waals surface area contributed by atoms with Gasteiger partial charge < -0.3 is 5.73 Å². The molecule has 3 nitrogen and oxygen atoms in total. The highest BCUT2D eigenvalue weighted by Gasteiger charge is 2.22. The summed E-state index contributed by atoms with van der Waals surface area (Å²) in [6, 6.07) is 0.166. The van der Waals surface area contributed by atoms with Crippen molar-refractivity contribution in [1.29, 1.82) is 0 Å². The monoisotopic (exact) mass is 141 g/mol. The average molecular weight is 141 g/mol. The molecular weight excluding hydrogens is 134 g/mol. The molecule has 48 valence electrons. The molecule has 0 saturated heterocycles. The Kier molecular flexibility index (Phi) is 1.03. The fourth-order valence-electron chi connectivity index (χ4n) is 1.09. The van der Waals surface area contributed by atoms with Crippen molar-refractivity contribution < 1.29 is 0 Å². The van der Waals surface area contributed by atoms with Crippen LogP contribution in [0.15, 0.2) is 0 Å². The molecule has 1 aromatic heterocycles. The normalized spacial score (nSPS) is 24.3. The Bertz CT molecular complexity index is 220. The van der Waals surface area contributed by atoms with Crippen LogP contribution in [0.2, 0.25) is 0 Å². The van der Waals surface area contributed by atoms with Gasteiger partial charge in [-0.1, -0.05) is 4.49 Å².